The zero-order valence-electron chi connectivity index (χ0n) is 19.8. The quantitative estimate of drug-likeness (QED) is 0.384. The first-order chi connectivity index (χ1) is 16.0. The number of amides is 5. The number of rotatable bonds is 8. The van der Waals surface area contributed by atoms with Gasteiger partial charge in [0, 0.05) is 18.8 Å². The molecule has 4 N–H and O–H groups in total. The normalized spacial score (nSPS) is 22.8. The van der Waals surface area contributed by atoms with Gasteiger partial charge in [-0.1, -0.05) is 0 Å². The Bertz CT molecular complexity index is 923. The Morgan fingerprint density at radius 2 is 1.94 bits per heavy atom. The minimum absolute atomic E-state index is 0.181. The van der Waals surface area contributed by atoms with E-state index in [0.29, 0.717) is 45.1 Å². The molecule has 0 bridgehead atoms. The zero-order chi connectivity index (χ0) is 24.9. The highest BCUT2D eigenvalue weighted by atomic mass is 16.6. The van der Waals surface area contributed by atoms with Crippen molar-refractivity contribution in [3.8, 4) is 5.88 Å². The molecule has 11 nitrogen and oxygen atoms in total. The molecule has 1 aromatic rings. The second kappa shape index (κ2) is 10.7. The van der Waals surface area contributed by atoms with Crippen molar-refractivity contribution in [3.63, 3.8) is 0 Å². The number of imide groups is 1. The molecule has 0 radical (unpaired) electrons. The Hall–Kier alpha value is -3.37. The second-order valence-corrected chi connectivity index (χ2v) is 9.55. The number of pyridine rings is 1. The lowest BCUT2D eigenvalue weighted by atomic mass is 9.91. The number of carbonyl (C=O) groups is 4. The van der Waals surface area contributed by atoms with Crippen molar-refractivity contribution in [2.45, 2.75) is 83.1 Å². The van der Waals surface area contributed by atoms with Gasteiger partial charge in [-0.2, -0.15) is 0 Å². The number of nitrogens with one attached hydrogen (secondary N) is 2. The Morgan fingerprint density at radius 1 is 1.24 bits per heavy atom. The summed E-state index contributed by atoms with van der Waals surface area (Å²) in [4.78, 5) is 54.0. The van der Waals surface area contributed by atoms with Gasteiger partial charge in [-0.25, -0.2) is 14.6 Å². The van der Waals surface area contributed by atoms with Crippen molar-refractivity contribution in [2.24, 2.45) is 5.73 Å². The third kappa shape index (κ3) is 6.58. The first-order valence-electron chi connectivity index (χ1n) is 11.6. The molecule has 2 fully saturated rings. The molecule has 0 aromatic carbocycles. The molecule has 1 atom stereocenters. The van der Waals surface area contributed by atoms with Gasteiger partial charge >= 0.3 is 12.1 Å². The molecular formula is C23H33N5O6. The van der Waals surface area contributed by atoms with E-state index in [1.54, 1.807) is 32.9 Å². The van der Waals surface area contributed by atoms with Gasteiger partial charge < -0.3 is 25.8 Å². The summed E-state index contributed by atoms with van der Waals surface area (Å²) in [5.74, 6) is -0.649. The second-order valence-electron chi connectivity index (χ2n) is 9.55. The highest BCUT2D eigenvalue weighted by molar-refractivity contribution is 6.04. The molecule has 186 valence electrons. The average molecular weight is 476 g/mol. The topological polar surface area (TPSA) is 153 Å². The fourth-order valence-corrected chi connectivity index (χ4v) is 4.15. The number of ether oxygens (including phenoxy) is 2. The van der Waals surface area contributed by atoms with Crippen LogP contribution in [0.5, 0.6) is 5.88 Å². The van der Waals surface area contributed by atoms with Crippen LogP contribution in [0.4, 0.5) is 9.59 Å². The summed E-state index contributed by atoms with van der Waals surface area (Å²) >= 11 is 0. The van der Waals surface area contributed by atoms with Gasteiger partial charge in [0.15, 0.2) is 0 Å². The molecule has 2 heterocycles. The van der Waals surface area contributed by atoms with Crippen LogP contribution < -0.4 is 21.1 Å². The summed E-state index contributed by atoms with van der Waals surface area (Å²) in [5, 5.41) is 5.40. The minimum atomic E-state index is -0.608. The van der Waals surface area contributed by atoms with Gasteiger partial charge in [-0.15, -0.1) is 0 Å². The smallest absolute Gasteiger partial charge is 0.407 e. The maximum Gasteiger partial charge on any atom is 0.407 e. The highest BCUT2D eigenvalue weighted by Gasteiger charge is 2.42. The first-order valence-corrected chi connectivity index (χ1v) is 11.6. The molecule has 1 aliphatic carbocycles. The standard InChI is InChI=1S/C23H33N5O6/c1-23(2,3)34-22(32)26-13-5-7-17-20(30)28(21(31)27-17)14-8-10-15(11-9-14)33-19-16(18(24)29)6-4-12-25-19/h4,6,12,14-15,17H,5,7-11,13H2,1-3H3,(H2,24,29)(H,26,32)(H,27,31). The Balaban J connectivity index is 1.45. The summed E-state index contributed by atoms with van der Waals surface area (Å²) in [7, 11) is 0. The van der Waals surface area contributed by atoms with Gasteiger partial charge in [0.2, 0.25) is 5.88 Å². The molecule has 11 heteroatoms. The third-order valence-electron chi connectivity index (χ3n) is 5.71. The average Bonchev–Trinajstić information content (AvgIpc) is 3.04. The molecule has 34 heavy (non-hydrogen) atoms. The van der Waals surface area contributed by atoms with E-state index in [-0.39, 0.29) is 35.5 Å². The van der Waals surface area contributed by atoms with E-state index < -0.39 is 23.6 Å². The SMILES string of the molecule is CC(C)(C)OC(=O)NCCCC1NC(=O)N(C2CCC(Oc3ncccc3C(N)=O)CC2)C1=O. The molecule has 1 saturated heterocycles. The van der Waals surface area contributed by atoms with Crippen molar-refractivity contribution in [2.75, 3.05) is 6.54 Å². The highest BCUT2D eigenvalue weighted by Crippen LogP contribution is 2.29. The van der Waals surface area contributed by atoms with Crippen LogP contribution in [0, 0.1) is 0 Å². The van der Waals surface area contributed by atoms with Crippen LogP contribution in [0.3, 0.4) is 0 Å². The number of nitrogens with two attached hydrogens (primary N) is 1. The van der Waals surface area contributed by atoms with E-state index in [1.165, 1.54) is 11.1 Å². The predicted molar refractivity (Wildman–Crippen MR) is 122 cm³/mol. The lowest BCUT2D eigenvalue weighted by Crippen LogP contribution is -2.44. The maximum absolute atomic E-state index is 12.9. The van der Waals surface area contributed by atoms with Crippen molar-refractivity contribution >= 4 is 23.9 Å². The molecule has 2 aliphatic rings. The Morgan fingerprint density at radius 3 is 2.59 bits per heavy atom. The summed E-state index contributed by atoms with van der Waals surface area (Å²) in [6, 6.07) is 1.98. The van der Waals surface area contributed by atoms with Crippen LogP contribution in [0.1, 0.15) is 69.7 Å². The lowest BCUT2D eigenvalue weighted by Gasteiger charge is -2.33. The number of nitrogens with zero attached hydrogens (tertiary/aromatic N) is 2. The van der Waals surface area contributed by atoms with Gasteiger partial charge in [-0.3, -0.25) is 14.5 Å². The third-order valence-corrected chi connectivity index (χ3v) is 5.71. The zero-order valence-corrected chi connectivity index (χ0v) is 19.8. The molecule has 1 saturated carbocycles. The largest absolute Gasteiger partial charge is 0.474 e. The molecule has 0 spiro atoms. The Labute approximate surface area is 198 Å². The lowest BCUT2D eigenvalue weighted by molar-refractivity contribution is -0.129. The van der Waals surface area contributed by atoms with E-state index in [1.807, 2.05) is 0 Å². The number of primary amides is 1. The van der Waals surface area contributed by atoms with E-state index in [0.717, 1.165) is 0 Å². The molecule has 5 amide bonds. The van der Waals surface area contributed by atoms with Crippen LogP contribution >= 0.6 is 0 Å². The monoisotopic (exact) mass is 475 g/mol. The van der Waals surface area contributed by atoms with Crippen LogP contribution in [0.15, 0.2) is 18.3 Å². The number of alkyl carbamates (subject to hydrolysis) is 1. The molecule has 1 unspecified atom stereocenters. The van der Waals surface area contributed by atoms with E-state index >= 15 is 0 Å². The summed E-state index contributed by atoms with van der Waals surface area (Å²) < 4.78 is 11.1. The summed E-state index contributed by atoms with van der Waals surface area (Å²) in [6.45, 7) is 5.69. The van der Waals surface area contributed by atoms with E-state index in [2.05, 4.69) is 15.6 Å². The Kier molecular flexibility index (Phi) is 7.95. The minimum Gasteiger partial charge on any atom is -0.474 e. The molecule has 1 aliphatic heterocycles. The van der Waals surface area contributed by atoms with Gasteiger partial charge in [-0.05, 0) is 71.4 Å². The van der Waals surface area contributed by atoms with Gasteiger partial charge in [0.05, 0.1) is 0 Å². The van der Waals surface area contributed by atoms with Crippen molar-refractivity contribution < 1.29 is 28.7 Å². The fraction of sp³-hybridized carbons (Fsp3) is 0.609. The summed E-state index contributed by atoms with van der Waals surface area (Å²) in [5.41, 5.74) is 5.02. The van der Waals surface area contributed by atoms with Gasteiger partial charge in [0.1, 0.15) is 23.3 Å². The molecule has 1 aromatic heterocycles. The summed E-state index contributed by atoms with van der Waals surface area (Å²) in [6.07, 6.45) is 4.20. The van der Waals surface area contributed by atoms with Gasteiger partial charge in [0.25, 0.3) is 11.8 Å². The predicted octanol–water partition coefficient (Wildman–Crippen LogP) is 2.10. The first kappa shape index (κ1) is 25.3. The number of hydrogen-bond donors (Lipinski definition) is 3. The fourth-order valence-electron chi connectivity index (χ4n) is 4.15. The number of carbonyl (C=O) groups excluding carboxylic acids is 4. The molecule has 3 rings (SSSR count). The van der Waals surface area contributed by atoms with Crippen molar-refractivity contribution in [3.05, 3.63) is 23.9 Å². The number of urea groups is 1. The van der Waals surface area contributed by atoms with E-state index in [9.17, 15) is 19.2 Å². The van der Waals surface area contributed by atoms with E-state index in [4.69, 9.17) is 15.2 Å². The van der Waals surface area contributed by atoms with Crippen LogP contribution in [-0.4, -0.2) is 64.2 Å². The van der Waals surface area contributed by atoms with Crippen molar-refractivity contribution in [1.82, 2.24) is 20.5 Å². The van der Waals surface area contributed by atoms with Crippen LogP contribution in [0.25, 0.3) is 0 Å². The van der Waals surface area contributed by atoms with Crippen LogP contribution in [-0.2, 0) is 9.53 Å². The van der Waals surface area contributed by atoms with Crippen LogP contribution in [0.2, 0.25) is 0 Å². The van der Waals surface area contributed by atoms with Crippen molar-refractivity contribution in [1.29, 1.82) is 0 Å². The number of hydrogen-bond acceptors (Lipinski definition) is 7. The maximum atomic E-state index is 12.9. The number of aromatic nitrogens is 1. The molecular weight excluding hydrogens is 442 g/mol.